The van der Waals surface area contributed by atoms with Crippen molar-refractivity contribution in [1.82, 2.24) is 9.97 Å². The van der Waals surface area contributed by atoms with Gasteiger partial charge in [-0.2, -0.15) is 57.1 Å². The minimum absolute atomic E-state index is 0.00574. The number of rotatable bonds is 6. The van der Waals surface area contributed by atoms with Gasteiger partial charge in [-0.1, -0.05) is 0 Å². The lowest BCUT2D eigenvalue weighted by Crippen LogP contribution is -2.69. The molecule has 0 saturated carbocycles. The van der Waals surface area contributed by atoms with E-state index in [9.17, 15) is 57.1 Å². The molecule has 1 aliphatic carbocycles. The molecule has 33 heavy (non-hydrogen) atoms. The third-order valence-corrected chi connectivity index (χ3v) is 4.75. The number of aryl methyl sites for hydroxylation is 1. The first-order valence-corrected chi connectivity index (χ1v) is 8.96. The van der Waals surface area contributed by atoms with Crippen molar-refractivity contribution in [2.24, 2.45) is 5.73 Å². The summed E-state index contributed by atoms with van der Waals surface area (Å²) >= 11 is 4.37. The van der Waals surface area contributed by atoms with Crippen LogP contribution in [0.1, 0.15) is 29.8 Å². The van der Waals surface area contributed by atoms with Crippen LogP contribution in [0.4, 0.5) is 63.0 Å². The van der Waals surface area contributed by atoms with Crippen LogP contribution >= 0.6 is 12.2 Å². The second kappa shape index (κ2) is 7.97. The zero-order chi connectivity index (χ0) is 25.8. The van der Waals surface area contributed by atoms with Crippen molar-refractivity contribution in [3.05, 3.63) is 17.0 Å². The molecule has 0 fully saturated rings. The Morgan fingerprint density at radius 2 is 1.21 bits per heavy atom. The van der Waals surface area contributed by atoms with E-state index in [4.69, 9.17) is 5.73 Å². The zero-order valence-corrected chi connectivity index (χ0v) is 16.4. The Morgan fingerprint density at radius 3 is 1.70 bits per heavy atom. The fourth-order valence-electron chi connectivity index (χ4n) is 2.94. The predicted molar refractivity (Wildman–Crippen MR) is 88.8 cm³/mol. The smallest absolute Gasteiger partial charge is 0.376 e. The van der Waals surface area contributed by atoms with Gasteiger partial charge in [0.25, 0.3) is 0 Å². The van der Waals surface area contributed by atoms with Crippen LogP contribution in [0.3, 0.4) is 0 Å². The fraction of sp³-hybridized carbons (Fsp3) is 0.667. The Kier molecular flexibility index (Phi) is 6.55. The van der Waals surface area contributed by atoms with Crippen molar-refractivity contribution in [3.63, 3.8) is 0 Å². The van der Waals surface area contributed by atoms with Gasteiger partial charge in [-0.25, -0.2) is 9.97 Å². The number of hydrogen-bond donors (Lipinski definition) is 2. The first kappa shape index (κ1) is 27.1. The lowest BCUT2D eigenvalue weighted by atomic mass is 9.87. The van der Waals surface area contributed by atoms with Gasteiger partial charge in [-0.15, -0.1) is 0 Å². The lowest BCUT2D eigenvalue weighted by molar-refractivity contribution is -0.442. The molecule has 0 aliphatic heterocycles. The normalized spacial score (nSPS) is 16.4. The van der Waals surface area contributed by atoms with Gasteiger partial charge in [0.15, 0.2) is 5.11 Å². The van der Waals surface area contributed by atoms with Crippen molar-refractivity contribution < 1.29 is 57.1 Å². The van der Waals surface area contributed by atoms with E-state index in [0.29, 0.717) is 0 Å². The maximum Gasteiger partial charge on any atom is 0.460 e. The largest absolute Gasteiger partial charge is 0.460 e. The summed E-state index contributed by atoms with van der Waals surface area (Å²) in [6.45, 7) is 0. The molecule has 1 aliphatic rings. The molecule has 0 atom stereocenters. The molecule has 0 unspecified atom stereocenters. The molecular weight excluding hydrogens is 515 g/mol. The summed E-state index contributed by atoms with van der Waals surface area (Å²) in [5.41, 5.74) is 1.47. The van der Waals surface area contributed by atoms with E-state index >= 15 is 0 Å². The molecule has 1 aromatic rings. The number of aromatic nitrogens is 2. The summed E-state index contributed by atoms with van der Waals surface area (Å²) in [7, 11) is 0. The zero-order valence-electron chi connectivity index (χ0n) is 15.6. The number of anilines is 1. The average molecular weight is 526 g/mol. The number of nitrogens with zero attached hydrogens (tertiary/aromatic N) is 2. The Hall–Kier alpha value is -2.14. The molecular formula is C15H11F13N4S. The first-order chi connectivity index (χ1) is 14.6. The molecule has 18 heteroatoms. The third-order valence-electron chi connectivity index (χ3n) is 4.65. The Morgan fingerprint density at radius 1 is 0.727 bits per heavy atom. The van der Waals surface area contributed by atoms with Crippen molar-refractivity contribution in [2.45, 2.75) is 61.5 Å². The van der Waals surface area contributed by atoms with Gasteiger partial charge in [-0.3, -0.25) is 0 Å². The monoisotopic (exact) mass is 526 g/mol. The average Bonchev–Trinajstić information content (AvgIpc) is 2.65. The van der Waals surface area contributed by atoms with Crippen molar-refractivity contribution in [2.75, 3.05) is 5.32 Å². The number of alkyl halides is 13. The molecule has 0 radical (unpaired) electrons. The van der Waals surface area contributed by atoms with Crippen molar-refractivity contribution in [1.29, 1.82) is 0 Å². The molecule has 0 bridgehead atoms. The molecule has 0 amide bonds. The second-order valence-corrected chi connectivity index (χ2v) is 7.33. The van der Waals surface area contributed by atoms with Crippen LogP contribution in [0.5, 0.6) is 0 Å². The van der Waals surface area contributed by atoms with E-state index in [1.54, 1.807) is 0 Å². The fourth-order valence-corrected chi connectivity index (χ4v) is 3.03. The summed E-state index contributed by atoms with van der Waals surface area (Å²) in [5.74, 6) is -38.7. The molecule has 0 aromatic carbocycles. The highest BCUT2D eigenvalue weighted by Gasteiger charge is 2.91. The summed E-state index contributed by atoms with van der Waals surface area (Å²) in [6, 6.07) is 0. The first-order valence-electron chi connectivity index (χ1n) is 8.55. The van der Waals surface area contributed by atoms with Gasteiger partial charge in [0.2, 0.25) is 5.95 Å². The number of halogens is 13. The van der Waals surface area contributed by atoms with Crippen LogP contribution in [0, 0.1) is 0 Å². The maximum absolute atomic E-state index is 14.7. The molecule has 3 N–H and O–H groups in total. The van der Waals surface area contributed by atoms with Gasteiger partial charge < -0.3 is 11.1 Å². The van der Waals surface area contributed by atoms with Gasteiger partial charge in [-0.05, 0) is 37.9 Å². The summed E-state index contributed by atoms with van der Waals surface area (Å²) in [5, 5.41) is 1.12. The van der Waals surface area contributed by atoms with Gasteiger partial charge >= 0.3 is 35.8 Å². The minimum Gasteiger partial charge on any atom is -0.376 e. The van der Waals surface area contributed by atoms with E-state index in [1.165, 1.54) is 0 Å². The van der Waals surface area contributed by atoms with Crippen LogP contribution in [-0.2, 0) is 18.8 Å². The number of hydrogen-bond acceptors (Lipinski definition) is 3. The molecule has 1 heterocycles. The SMILES string of the molecule is NC(=S)Nc1nc2c(c(C(F)(F)C(F)(F)C(F)(F)C(F)(F)C(F)(F)C(F)(F)F)n1)CCCC2. The number of thiocarbonyl (C=S) groups is 1. The highest BCUT2D eigenvalue weighted by Crippen LogP contribution is 2.62. The second-order valence-electron chi connectivity index (χ2n) is 6.89. The van der Waals surface area contributed by atoms with Gasteiger partial charge in [0.05, 0.1) is 0 Å². The summed E-state index contributed by atoms with van der Waals surface area (Å²) in [6.07, 6.45) is -7.97. The quantitative estimate of drug-likeness (QED) is 0.394. The standard InChI is InChI=1S/C15H11F13N4S/c16-10(17,7-5-3-1-2-4-6(5)30-9(31-7)32-8(29)33)11(18,19)12(20,21)13(22,23)14(24,25)15(26,27)28/h1-4H2,(H3,29,30,31,32,33). The van der Waals surface area contributed by atoms with Crippen LogP contribution in [0.25, 0.3) is 0 Å². The van der Waals surface area contributed by atoms with E-state index in [-0.39, 0.29) is 19.3 Å². The van der Waals surface area contributed by atoms with Crippen LogP contribution < -0.4 is 11.1 Å². The summed E-state index contributed by atoms with van der Waals surface area (Å²) < 4.78 is 175. The molecule has 0 spiro atoms. The van der Waals surface area contributed by atoms with Crippen LogP contribution in [0.2, 0.25) is 0 Å². The van der Waals surface area contributed by atoms with Gasteiger partial charge in [0.1, 0.15) is 5.69 Å². The van der Waals surface area contributed by atoms with E-state index < -0.39 is 70.2 Å². The van der Waals surface area contributed by atoms with E-state index in [2.05, 4.69) is 22.2 Å². The molecule has 188 valence electrons. The Labute approximate surface area is 180 Å². The van der Waals surface area contributed by atoms with Crippen LogP contribution in [-0.4, -0.2) is 44.9 Å². The summed E-state index contributed by atoms with van der Waals surface area (Å²) in [4.78, 5) is 6.48. The van der Waals surface area contributed by atoms with Crippen LogP contribution in [0.15, 0.2) is 0 Å². The molecule has 2 rings (SSSR count). The Balaban J connectivity index is 2.73. The number of nitrogens with two attached hydrogens (primary N) is 1. The van der Waals surface area contributed by atoms with E-state index in [1.807, 2.05) is 5.32 Å². The molecule has 4 nitrogen and oxygen atoms in total. The highest BCUT2D eigenvalue weighted by atomic mass is 32.1. The molecule has 0 saturated heterocycles. The highest BCUT2D eigenvalue weighted by molar-refractivity contribution is 7.80. The third kappa shape index (κ3) is 4.03. The van der Waals surface area contributed by atoms with Gasteiger partial charge in [0, 0.05) is 11.3 Å². The predicted octanol–water partition coefficient (Wildman–Crippen LogP) is 5.21. The maximum atomic E-state index is 14.7. The van der Waals surface area contributed by atoms with E-state index in [0.717, 1.165) is 0 Å². The Bertz CT molecular complexity index is 929. The van der Waals surface area contributed by atoms with Crippen molar-refractivity contribution in [3.8, 4) is 0 Å². The van der Waals surface area contributed by atoms with Crippen molar-refractivity contribution >= 4 is 23.3 Å². The number of nitrogens with one attached hydrogen (secondary N) is 1. The molecule has 1 aromatic heterocycles. The lowest BCUT2D eigenvalue weighted by Gasteiger charge is -2.40. The topological polar surface area (TPSA) is 63.8 Å². The number of fused-ring (bicyclic) bond motifs is 1. The minimum atomic E-state index is -7.99.